The van der Waals surface area contributed by atoms with Crippen LogP contribution in [0.2, 0.25) is 0 Å². The summed E-state index contributed by atoms with van der Waals surface area (Å²) in [5.41, 5.74) is 2.22. The van der Waals surface area contributed by atoms with Crippen molar-refractivity contribution in [2.45, 2.75) is 58.4 Å². The molecule has 0 bridgehead atoms. The highest BCUT2D eigenvalue weighted by Gasteiger charge is 2.36. The number of nitrogens with zero attached hydrogens (tertiary/aromatic N) is 2. The monoisotopic (exact) mass is 318 g/mol. The highest BCUT2D eigenvalue weighted by molar-refractivity contribution is 5.98. The summed E-state index contributed by atoms with van der Waals surface area (Å²) >= 11 is 0. The van der Waals surface area contributed by atoms with Crippen molar-refractivity contribution < 1.29 is 9.59 Å². The zero-order chi connectivity index (χ0) is 16.4. The molecule has 2 heterocycles. The third-order valence-corrected chi connectivity index (χ3v) is 5.33. The summed E-state index contributed by atoms with van der Waals surface area (Å²) in [6, 6.07) is -0.351. The lowest BCUT2D eigenvalue weighted by atomic mass is 9.84. The Kier molecular flexibility index (Phi) is 4.68. The fraction of sp³-hybridized carbons (Fsp3) is 0.706. The molecule has 126 valence electrons. The van der Waals surface area contributed by atoms with Gasteiger partial charge in [-0.3, -0.25) is 14.7 Å². The Labute approximate surface area is 137 Å². The summed E-state index contributed by atoms with van der Waals surface area (Å²) in [5.74, 6) is 0.414. The average molecular weight is 318 g/mol. The van der Waals surface area contributed by atoms with Gasteiger partial charge in [0.1, 0.15) is 6.04 Å². The van der Waals surface area contributed by atoms with Crippen molar-refractivity contribution in [1.29, 1.82) is 0 Å². The number of aromatic nitrogens is 2. The van der Waals surface area contributed by atoms with Gasteiger partial charge in [0.2, 0.25) is 5.91 Å². The molecule has 2 N–H and O–H groups in total. The largest absolute Gasteiger partial charge is 0.353 e. The van der Waals surface area contributed by atoms with Gasteiger partial charge in [-0.2, -0.15) is 5.10 Å². The van der Waals surface area contributed by atoms with Crippen molar-refractivity contribution in [1.82, 2.24) is 20.4 Å². The van der Waals surface area contributed by atoms with Gasteiger partial charge in [0.25, 0.3) is 5.91 Å². The van der Waals surface area contributed by atoms with Gasteiger partial charge in [-0.05, 0) is 26.2 Å². The van der Waals surface area contributed by atoms with Crippen LogP contribution in [0.5, 0.6) is 0 Å². The van der Waals surface area contributed by atoms with Crippen LogP contribution in [-0.4, -0.2) is 46.0 Å². The molecule has 1 aliphatic carbocycles. The summed E-state index contributed by atoms with van der Waals surface area (Å²) in [4.78, 5) is 27.0. The number of amides is 2. The summed E-state index contributed by atoms with van der Waals surface area (Å²) in [5, 5.41) is 9.93. The van der Waals surface area contributed by atoms with Gasteiger partial charge < -0.3 is 10.2 Å². The zero-order valence-electron chi connectivity index (χ0n) is 14.0. The van der Waals surface area contributed by atoms with Gasteiger partial charge in [0.05, 0.1) is 0 Å². The normalized spacial score (nSPS) is 23.0. The molecule has 1 atom stereocenters. The van der Waals surface area contributed by atoms with Gasteiger partial charge in [-0.1, -0.05) is 32.1 Å². The van der Waals surface area contributed by atoms with Crippen LogP contribution in [0.1, 0.15) is 60.3 Å². The van der Waals surface area contributed by atoms with E-state index in [1.54, 1.807) is 4.90 Å². The minimum absolute atomic E-state index is 0.0138. The van der Waals surface area contributed by atoms with Gasteiger partial charge in [0.15, 0.2) is 5.69 Å². The number of nitrogens with one attached hydrogen (secondary N) is 2. The first-order chi connectivity index (χ1) is 11.1. The van der Waals surface area contributed by atoms with Crippen molar-refractivity contribution in [3.05, 3.63) is 17.0 Å². The molecule has 6 heteroatoms. The molecule has 2 aliphatic rings. The van der Waals surface area contributed by atoms with Crippen LogP contribution in [0.3, 0.4) is 0 Å². The Balaban J connectivity index is 1.78. The summed E-state index contributed by atoms with van der Waals surface area (Å²) in [6.07, 6.45) is 6.90. The standard InChI is InChI=1S/C17H26N4O2/c1-11-12(2)19-20-15(11)17(23)21-9-8-18-16(22)14(21)10-13-6-4-3-5-7-13/h13-14H,3-10H2,1-2H3,(H,18,22)(H,19,20)/t14-/m1/s1. The second kappa shape index (κ2) is 6.72. The Bertz CT molecular complexity index is 589. The molecule has 1 saturated carbocycles. The van der Waals surface area contributed by atoms with E-state index in [-0.39, 0.29) is 17.9 Å². The second-order valence-electron chi connectivity index (χ2n) is 6.87. The SMILES string of the molecule is Cc1[nH]nc(C(=O)N2CCNC(=O)[C@H]2CC2CCCCC2)c1C. The van der Waals surface area contributed by atoms with Crippen molar-refractivity contribution in [2.24, 2.45) is 5.92 Å². The lowest BCUT2D eigenvalue weighted by Gasteiger charge is -2.37. The van der Waals surface area contributed by atoms with Crippen LogP contribution < -0.4 is 5.32 Å². The van der Waals surface area contributed by atoms with Crippen molar-refractivity contribution >= 4 is 11.8 Å². The van der Waals surface area contributed by atoms with Crippen molar-refractivity contribution in [3.63, 3.8) is 0 Å². The van der Waals surface area contributed by atoms with E-state index in [4.69, 9.17) is 0 Å². The Morgan fingerprint density at radius 2 is 2.00 bits per heavy atom. The topological polar surface area (TPSA) is 78.1 Å². The van der Waals surface area contributed by atoms with Crippen molar-refractivity contribution in [2.75, 3.05) is 13.1 Å². The molecule has 2 amide bonds. The molecule has 1 aromatic heterocycles. The first-order valence-corrected chi connectivity index (χ1v) is 8.68. The molecule has 23 heavy (non-hydrogen) atoms. The molecule has 0 spiro atoms. The molecule has 1 saturated heterocycles. The molecule has 1 aromatic rings. The number of carbonyl (C=O) groups is 2. The van der Waals surface area contributed by atoms with Crippen LogP contribution in [-0.2, 0) is 4.79 Å². The minimum atomic E-state index is -0.351. The smallest absolute Gasteiger partial charge is 0.275 e. The lowest BCUT2D eigenvalue weighted by molar-refractivity contribution is -0.128. The van der Waals surface area contributed by atoms with E-state index < -0.39 is 0 Å². The van der Waals surface area contributed by atoms with Crippen molar-refractivity contribution in [3.8, 4) is 0 Å². The number of carbonyl (C=O) groups excluding carboxylic acids is 2. The average Bonchev–Trinajstić information content (AvgIpc) is 2.89. The van der Waals surface area contributed by atoms with E-state index in [9.17, 15) is 9.59 Å². The van der Waals surface area contributed by atoms with E-state index in [2.05, 4.69) is 15.5 Å². The van der Waals surface area contributed by atoms with E-state index in [0.717, 1.165) is 17.7 Å². The highest BCUT2D eigenvalue weighted by Crippen LogP contribution is 2.29. The maximum Gasteiger partial charge on any atom is 0.275 e. The Hall–Kier alpha value is -1.85. The number of hydrogen-bond acceptors (Lipinski definition) is 3. The van der Waals surface area contributed by atoms with E-state index >= 15 is 0 Å². The van der Waals surface area contributed by atoms with E-state index in [0.29, 0.717) is 24.7 Å². The van der Waals surface area contributed by atoms with Crippen LogP contribution in [0.4, 0.5) is 0 Å². The number of hydrogen-bond donors (Lipinski definition) is 2. The van der Waals surface area contributed by atoms with Crippen LogP contribution in [0.25, 0.3) is 0 Å². The predicted octanol–water partition coefficient (Wildman–Crippen LogP) is 1.94. The summed E-state index contributed by atoms with van der Waals surface area (Å²) < 4.78 is 0. The molecule has 6 nitrogen and oxygen atoms in total. The lowest BCUT2D eigenvalue weighted by Crippen LogP contribution is -2.57. The molecular formula is C17H26N4O2. The summed E-state index contributed by atoms with van der Waals surface area (Å²) in [7, 11) is 0. The molecule has 1 aliphatic heterocycles. The van der Waals surface area contributed by atoms with Gasteiger partial charge in [-0.25, -0.2) is 0 Å². The second-order valence-corrected chi connectivity index (χ2v) is 6.87. The highest BCUT2D eigenvalue weighted by atomic mass is 16.2. The van der Waals surface area contributed by atoms with Gasteiger partial charge >= 0.3 is 0 Å². The molecule has 0 radical (unpaired) electrons. The number of aromatic amines is 1. The minimum Gasteiger partial charge on any atom is -0.353 e. The quantitative estimate of drug-likeness (QED) is 0.894. The molecule has 0 aromatic carbocycles. The van der Waals surface area contributed by atoms with Crippen LogP contribution in [0.15, 0.2) is 0 Å². The molecule has 3 rings (SSSR count). The first-order valence-electron chi connectivity index (χ1n) is 8.68. The number of piperazine rings is 1. The maximum absolute atomic E-state index is 12.9. The fourth-order valence-corrected chi connectivity index (χ4v) is 3.76. The van der Waals surface area contributed by atoms with Gasteiger partial charge in [0, 0.05) is 24.3 Å². The predicted molar refractivity (Wildman–Crippen MR) is 87.1 cm³/mol. The number of rotatable bonds is 3. The Morgan fingerprint density at radius 1 is 1.26 bits per heavy atom. The van der Waals surface area contributed by atoms with Gasteiger partial charge in [-0.15, -0.1) is 0 Å². The molecule has 2 fully saturated rings. The molecular weight excluding hydrogens is 292 g/mol. The first kappa shape index (κ1) is 16.0. The third kappa shape index (κ3) is 3.26. The van der Waals surface area contributed by atoms with Crippen LogP contribution >= 0.6 is 0 Å². The zero-order valence-corrected chi connectivity index (χ0v) is 14.0. The third-order valence-electron chi connectivity index (χ3n) is 5.33. The number of H-pyrrole nitrogens is 1. The van der Waals surface area contributed by atoms with Crippen LogP contribution in [0, 0.1) is 19.8 Å². The fourth-order valence-electron chi connectivity index (χ4n) is 3.76. The van der Waals surface area contributed by atoms with E-state index in [1.165, 1.54) is 32.1 Å². The Morgan fingerprint density at radius 3 is 2.65 bits per heavy atom. The van der Waals surface area contributed by atoms with E-state index in [1.807, 2.05) is 13.8 Å². The molecule has 0 unspecified atom stereocenters. The summed E-state index contributed by atoms with van der Waals surface area (Å²) in [6.45, 7) is 4.88. The maximum atomic E-state index is 12.9. The number of aryl methyl sites for hydroxylation is 1.